The van der Waals surface area contributed by atoms with Gasteiger partial charge in [0.15, 0.2) is 0 Å². The van der Waals surface area contributed by atoms with Crippen molar-refractivity contribution in [3.05, 3.63) is 12.2 Å². The first-order valence-corrected chi connectivity index (χ1v) is 24.2. The molecule has 0 aromatic carbocycles. The van der Waals surface area contributed by atoms with E-state index in [-0.39, 0.29) is 5.97 Å². The van der Waals surface area contributed by atoms with Crippen LogP contribution in [0.25, 0.3) is 0 Å². The summed E-state index contributed by atoms with van der Waals surface area (Å²) in [5.41, 5.74) is 0.405. The number of hydrogen-bond donors (Lipinski definition) is 0. The maximum atomic E-state index is 11.2. The smallest absolute Gasteiger partial charge is 0.462 e. The van der Waals surface area contributed by atoms with E-state index < -0.39 is 26.4 Å². The van der Waals surface area contributed by atoms with Crippen LogP contribution >= 0.6 is 11.8 Å². The SMILES string of the molecule is C=C(C)C(=O)OCCC[Si](OCC)(OCC)OCC.CCO[Si](CCCSCCC[Si](OCC)(OCC)OCC)(OCC)OCC. The molecule has 0 saturated heterocycles. The Labute approximate surface area is 289 Å². The van der Waals surface area contributed by atoms with Crippen LogP contribution in [0.4, 0.5) is 0 Å². The third kappa shape index (κ3) is 22.5. The molecule has 0 spiro atoms. The van der Waals surface area contributed by atoms with E-state index in [0.29, 0.717) is 84.1 Å². The van der Waals surface area contributed by atoms with Crippen LogP contribution in [0.2, 0.25) is 18.1 Å². The normalized spacial score (nSPS) is 12.1. The van der Waals surface area contributed by atoms with Crippen LogP contribution in [0, 0.1) is 0 Å². The summed E-state index contributed by atoms with van der Waals surface area (Å²) < 4.78 is 57.6. The third-order valence-corrected chi connectivity index (χ3v) is 16.6. The molecule has 46 heavy (non-hydrogen) atoms. The molecule has 0 saturated carbocycles. The van der Waals surface area contributed by atoms with Crippen LogP contribution in [0.1, 0.15) is 88.5 Å². The first kappa shape index (κ1) is 48.0. The lowest BCUT2D eigenvalue weighted by molar-refractivity contribution is -0.139. The maximum absolute atomic E-state index is 11.2. The molecule has 0 bridgehead atoms. The summed E-state index contributed by atoms with van der Waals surface area (Å²) in [5.74, 6) is 1.79. The van der Waals surface area contributed by atoms with Crippen molar-refractivity contribution in [3.63, 3.8) is 0 Å². The Morgan fingerprint density at radius 2 is 0.761 bits per heavy atom. The lowest BCUT2D eigenvalue weighted by Gasteiger charge is -2.28. The lowest BCUT2D eigenvalue weighted by Crippen LogP contribution is -2.46. The molecule has 0 aliphatic rings. The topological polar surface area (TPSA) is 109 Å². The number of hydrogen-bond acceptors (Lipinski definition) is 12. The highest BCUT2D eigenvalue weighted by Crippen LogP contribution is 2.23. The van der Waals surface area contributed by atoms with Gasteiger partial charge in [0.25, 0.3) is 0 Å². The van der Waals surface area contributed by atoms with E-state index >= 15 is 0 Å². The summed E-state index contributed by atoms with van der Waals surface area (Å²) >= 11 is 1.95. The van der Waals surface area contributed by atoms with E-state index in [1.165, 1.54) is 0 Å². The average Bonchev–Trinajstić information content (AvgIpc) is 3.00. The summed E-state index contributed by atoms with van der Waals surface area (Å²) in [5, 5.41) is 0. The zero-order valence-electron chi connectivity index (χ0n) is 30.8. The summed E-state index contributed by atoms with van der Waals surface area (Å²) in [6.45, 7) is 28.7. The molecule has 0 radical (unpaired) electrons. The van der Waals surface area contributed by atoms with Crippen molar-refractivity contribution in [2.75, 3.05) is 77.6 Å². The Bertz CT molecular complexity index is 657. The predicted octanol–water partition coefficient (Wildman–Crippen LogP) is 7.14. The molecule has 0 rings (SSSR count). The molecule has 0 aliphatic heterocycles. The molecular weight excluding hydrogens is 665 g/mol. The Morgan fingerprint density at radius 3 is 1.00 bits per heavy atom. The Morgan fingerprint density at radius 1 is 0.500 bits per heavy atom. The van der Waals surface area contributed by atoms with E-state index in [4.69, 9.17) is 44.6 Å². The van der Waals surface area contributed by atoms with Crippen LogP contribution in [-0.4, -0.2) is 110 Å². The van der Waals surface area contributed by atoms with Gasteiger partial charge in [-0.1, -0.05) is 6.58 Å². The molecule has 0 amide bonds. The van der Waals surface area contributed by atoms with Crippen molar-refractivity contribution in [1.82, 2.24) is 0 Å². The molecule has 0 fully saturated rings. The van der Waals surface area contributed by atoms with E-state index in [1.807, 2.05) is 74.1 Å². The van der Waals surface area contributed by atoms with Gasteiger partial charge < -0.3 is 44.6 Å². The fourth-order valence-corrected chi connectivity index (χ4v) is 13.7. The number of carbonyl (C=O) groups excluding carboxylic acids is 1. The summed E-state index contributed by atoms with van der Waals surface area (Å²) in [6, 6.07) is 2.40. The van der Waals surface area contributed by atoms with Crippen molar-refractivity contribution >= 4 is 44.1 Å². The van der Waals surface area contributed by atoms with Gasteiger partial charge in [-0.05, 0) is 100 Å². The number of carbonyl (C=O) groups is 1. The highest BCUT2D eigenvalue weighted by atomic mass is 32.2. The largest absolute Gasteiger partial charge is 0.501 e. The second-order valence-electron chi connectivity index (χ2n) is 9.79. The van der Waals surface area contributed by atoms with Gasteiger partial charge in [-0.15, -0.1) is 0 Å². The second kappa shape index (κ2) is 30.9. The molecule has 15 heteroatoms. The molecule has 0 heterocycles. The van der Waals surface area contributed by atoms with Gasteiger partial charge in [0, 0.05) is 83.2 Å². The maximum Gasteiger partial charge on any atom is 0.501 e. The van der Waals surface area contributed by atoms with Crippen molar-refractivity contribution in [3.8, 4) is 0 Å². The van der Waals surface area contributed by atoms with Crippen molar-refractivity contribution in [2.45, 2.75) is 107 Å². The van der Waals surface area contributed by atoms with E-state index in [9.17, 15) is 4.79 Å². The fourth-order valence-electron chi connectivity index (χ4n) is 4.46. The van der Waals surface area contributed by atoms with Crippen LogP contribution in [0.5, 0.6) is 0 Å². The van der Waals surface area contributed by atoms with Gasteiger partial charge >= 0.3 is 32.4 Å². The molecule has 276 valence electrons. The Hall–Kier alpha value is -0.149. The molecule has 0 unspecified atom stereocenters. The summed E-state index contributed by atoms with van der Waals surface area (Å²) in [7, 11) is -7.59. The van der Waals surface area contributed by atoms with Gasteiger partial charge in [0.05, 0.1) is 6.61 Å². The van der Waals surface area contributed by atoms with Gasteiger partial charge in [-0.2, -0.15) is 11.8 Å². The molecule has 0 aromatic heterocycles. The minimum Gasteiger partial charge on any atom is -0.462 e. The molecule has 11 nitrogen and oxygen atoms in total. The zero-order valence-corrected chi connectivity index (χ0v) is 34.7. The van der Waals surface area contributed by atoms with Gasteiger partial charge in [-0.25, -0.2) is 4.79 Å². The summed E-state index contributed by atoms with van der Waals surface area (Å²) in [6.07, 6.45) is 2.74. The summed E-state index contributed by atoms with van der Waals surface area (Å²) in [4.78, 5) is 11.2. The van der Waals surface area contributed by atoms with Gasteiger partial charge in [0.1, 0.15) is 0 Å². The monoisotopic (exact) mass is 732 g/mol. The molecular formula is C31H68O11SSi3. The quantitative estimate of drug-likeness (QED) is 0.0313. The molecule has 0 atom stereocenters. The standard InChI is InChI=1S/C18H42O6SSi2.C13H26O5Si/c1-7-19-26(20-8-2,21-9-3)17-13-15-25-16-14-18-27(22-10-4,23-11-5)24-12-6;1-6-16-19(17-7-2,18-8-3)11-9-10-15-13(14)12(4)5/h7-18H2,1-6H3;4,6-11H2,1-3,5H3. The van der Waals surface area contributed by atoms with Crippen LogP contribution in [0.3, 0.4) is 0 Å². The van der Waals surface area contributed by atoms with E-state index in [2.05, 4.69) is 6.58 Å². The highest BCUT2D eigenvalue weighted by molar-refractivity contribution is 7.99. The van der Waals surface area contributed by atoms with Crippen LogP contribution in [0.15, 0.2) is 12.2 Å². The van der Waals surface area contributed by atoms with Crippen LogP contribution in [-0.2, 0) is 49.4 Å². The lowest BCUT2D eigenvalue weighted by atomic mass is 10.4. The highest BCUT2D eigenvalue weighted by Gasteiger charge is 2.41. The van der Waals surface area contributed by atoms with E-state index in [1.54, 1.807) is 6.92 Å². The third-order valence-electron chi connectivity index (χ3n) is 6.03. The Balaban J connectivity index is 0. The number of esters is 1. The first-order valence-electron chi connectivity index (χ1n) is 17.2. The van der Waals surface area contributed by atoms with Crippen molar-refractivity contribution < 1.29 is 49.4 Å². The van der Waals surface area contributed by atoms with Crippen molar-refractivity contribution in [2.24, 2.45) is 0 Å². The molecule has 0 aromatic rings. The molecule has 0 N–H and O–H groups in total. The van der Waals surface area contributed by atoms with Crippen LogP contribution < -0.4 is 0 Å². The number of thioether (sulfide) groups is 1. The predicted molar refractivity (Wildman–Crippen MR) is 193 cm³/mol. The van der Waals surface area contributed by atoms with Crippen molar-refractivity contribution in [1.29, 1.82) is 0 Å². The number of ether oxygens (including phenoxy) is 1. The van der Waals surface area contributed by atoms with E-state index in [0.717, 1.165) is 36.4 Å². The zero-order chi connectivity index (χ0) is 35.2. The van der Waals surface area contributed by atoms with Gasteiger partial charge in [-0.3, -0.25) is 0 Å². The Kier molecular flexibility index (Phi) is 32.2. The number of rotatable bonds is 31. The second-order valence-corrected chi connectivity index (χ2v) is 19.2. The first-order chi connectivity index (χ1) is 22.1. The minimum atomic E-state index is -2.61. The average molecular weight is 733 g/mol. The molecule has 0 aliphatic carbocycles. The van der Waals surface area contributed by atoms with Gasteiger partial charge in [0.2, 0.25) is 0 Å². The fraction of sp³-hybridized carbons (Fsp3) is 0.903. The minimum absolute atomic E-state index is 0.327.